The summed E-state index contributed by atoms with van der Waals surface area (Å²) in [5, 5.41) is 0.621. The minimum atomic E-state index is 0.606. The number of aromatic nitrogens is 2. The molecule has 0 aliphatic carbocycles. The zero-order valence-electron chi connectivity index (χ0n) is 5.24. The fraction of sp³-hybridized carbons (Fsp3) is 0. The highest BCUT2D eigenvalue weighted by Crippen LogP contribution is 2.27. The van der Waals surface area contributed by atoms with E-state index in [-0.39, 0.29) is 0 Å². The zero-order valence-corrected chi connectivity index (χ0v) is 7.63. The maximum absolute atomic E-state index is 5.83. The van der Waals surface area contributed by atoms with Crippen LogP contribution >= 0.6 is 22.9 Å². The molecule has 0 saturated carbocycles. The van der Waals surface area contributed by atoms with Crippen molar-refractivity contribution in [3.05, 3.63) is 17.4 Å². The van der Waals surface area contributed by atoms with E-state index in [1.54, 1.807) is 12.4 Å². The molecule has 2 heterocycles. The number of rotatable bonds is 0. The zero-order chi connectivity index (χ0) is 7.84. The molecule has 0 N–H and O–H groups in total. The lowest BCUT2D eigenvalue weighted by molar-refractivity contribution is 1.27. The fourth-order valence-electron chi connectivity index (χ4n) is 0.802. The summed E-state index contributed by atoms with van der Waals surface area (Å²) in [6.07, 6.45) is 3.25. The summed E-state index contributed by atoms with van der Waals surface area (Å²) >= 11 is 12.1. The molecule has 5 heteroatoms. The molecule has 0 amide bonds. The summed E-state index contributed by atoms with van der Waals surface area (Å²) in [4.78, 5) is 7.95. The van der Waals surface area contributed by atoms with Crippen molar-refractivity contribution in [1.82, 2.24) is 9.97 Å². The monoisotopic (exact) mass is 201 g/mol. The second-order valence-corrected chi connectivity index (χ2v) is 4.00. The van der Waals surface area contributed by atoms with Gasteiger partial charge in [0, 0.05) is 6.20 Å². The molecule has 0 radical (unpaired) electrons. The maximum Gasteiger partial charge on any atom is 0.0798 e. The third kappa shape index (κ3) is 1.17. The molecule has 0 fully saturated rings. The second-order valence-electron chi connectivity index (χ2n) is 1.95. The minimum absolute atomic E-state index is 0.606. The van der Waals surface area contributed by atoms with E-state index < -0.39 is 0 Å². The van der Waals surface area contributed by atoms with Gasteiger partial charge >= 0.3 is 0 Å². The molecular formula is C6H2ClN2S2-. The van der Waals surface area contributed by atoms with Gasteiger partial charge in [0.25, 0.3) is 0 Å². The van der Waals surface area contributed by atoms with E-state index in [4.69, 9.17) is 24.2 Å². The molecule has 0 spiro atoms. The summed E-state index contributed by atoms with van der Waals surface area (Å²) in [6, 6.07) is 0. The lowest BCUT2D eigenvalue weighted by atomic mass is 10.4. The summed E-state index contributed by atoms with van der Waals surface area (Å²) in [5.74, 6) is 0. The molecule has 0 aliphatic heterocycles. The van der Waals surface area contributed by atoms with E-state index in [0.29, 0.717) is 9.36 Å². The number of halogens is 1. The van der Waals surface area contributed by atoms with Crippen LogP contribution in [-0.4, -0.2) is 9.97 Å². The Hall–Kier alpha value is -0.450. The van der Waals surface area contributed by atoms with Gasteiger partial charge in [-0.05, 0) is 9.04 Å². The Balaban J connectivity index is 2.90. The van der Waals surface area contributed by atoms with Gasteiger partial charge in [0.05, 0.1) is 16.7 Å². The Morgan fingerprint density at radius 2 is 2.27 bits per heavy atom. The van der Waals surface area contributed by atoms with Gasteiger partial charge in [0.15, 0.2) is 0 Å². The van der Waals surface area contributed by atoms with Crippen molar-refractivity contribution in [1.29, 1.82) is 0 Å². The minimum Gasteiger partial charge on any atom is -0.408 e. The van der Waals surface area contributed by atoms with E-state index in [2.05, 4.69) is 9.97 Å². The molecule has 0 bridgehead atoms. The standard InChI is InChI=1S/C6H3ClN2S2/c7-3-1-8-2-4-5(3)11-6(10)9-4/h1-2H,(H,9,10)/p-1. The first kappa shape index (κ1) is 7.21. The molecule has 11 heavy (non-hydrogen) atoms. The molecule has 2 rings (SSSR count). The van der Waals surface area contributed by atoms with Crippen LogP contribution in [0, 0.1) is 0 Å². The Kier molecular flexibility index (Phi) is 1.67. The quantitative estimate of drug-likeness (QED) is 0.612. The first-order chi connectivity index (χ1) is 5.27. The normalized spacial score (nSPS) is 10.6. The predicted octanol–water partition coefficient (Wildman–Crippen LogP) is 2.25. The van der Waals surface area contributed by atoms with Crippen molar-refractivity contribution in [3.8, 4) is 0 Å². The van der Waals surface area contributed by atoms with Crippen LogP contribution in [0.2, 0.25) is 5.02 Å². The second kappa shape index (κ2) is 2.55. The molecule has 0 unspecified atom stereocenters. The number of fused-ring (bicyclic) bond motifs is 1. The number of thiazole rings is 1. The summed E-state index contributed by atoms with van der Waals surface area (Å²) in [7, 11) is 0. The van der Waals surface area contributed by atoms with E-state index in [9.17, 15) is 0 Å². The first-order valence-electron chi connectivity index (χ1n) is 2.84. The van der Waals surface area contributed by atoms with E-state index in [1.807, 2.05) is 0 Å². The van der Waals surface area contributed by atoms with Gasteiger partial charge in [-0.3, -0.25) is 9.97 Å². The molecule has 2 aromatic heterocycles. The molecule has 56 valence electrons. The highest BCUT2D eigenvalue weighted by atomic mass is 35.5. The molecule has 0 saturated heterocycles. The average Bonchev–Trinajstić information content (AvgIpc) is 2.31. The molecule has 2 aromatic rings. The maximum atomic E-state index is 5.83. The van der Waals surface area contributed by atoms with Crippen molar-refractivity contribution in [2.24, 2.45) is 0 Å². The van der Waals surface area contributed by atoms with E-state index >= 15 is 0 Å². The Morgan fingerprint density at radius 3 is 3.00 bits per heavy atom. The van der Waals surface area contributed by atoms with Crippen LogP contribution in [0.3, 0.4) is 0 Å². The van der Waals surface area contributed by atoms with Gasteiger partial charge < -0.3 is 24.0 Å². The van der Waals surface area contributed by atoms with Crippen molar-refractivity contribution in [3.63, 3.8) is 0 Å². The third-order valence-electron chi connectivity index (χ3n) is 1.24. The van der Waals surface area contributed by atoms with E-state index in [0.717, 1.165) is 10.2 Å². The number of hydrogen-bond acceptors (Lipinski definition) is 4. The van der Waals surface area contributed by atoms with E-state index in [1.165, 1.54) is 11.3 Å². The predicted molar refractivity (Wildman–Crippen MR) is 48.1 cm³/mol. The smallest absolute Gasteiger partial charge is 0.0798 e. The van der Waals surface area contributed by atoms with Crippen LogP contribution in [0.5, 0.6) is 0 Å². The van der Waals surface area contributed by atoms with Gasteiger partial charge in [0.2, 0.25) is 0 Å². The van der Waals surface area contributed by atoms with Crippen molar-refractivity contribution in [2.75, 3.05) is 0 Å². The van der Waals surface area contributed by atoms with Crippen LogP contribution in [0.15, 0.2) is 16.7 Å². The Bertz CT molecular complexity index is 398. The SMILES string of the molecule is [S-]c1nc2cncc(Cl)c2s1. The van der Waals surface area contributed by atoms with Crippen molar-refractivity contribution >= 4 is 45.8 Å². The summed E-state index contributed by atoms with van der Waals surface area (Å²) in [6.45, 7) is 0. The summed E-state index contributed by atoms with van der Waals surface area (Å²) in [5.41, 5.74) is 0.785. The number of nitrogens with zero attached hydrogens (tertiary/aromatic N) is 2. The topological polar surface area (TPSA) is 25.8 Å². The Morgan fingerprint density at radius 1 is 1.45 bits per heavy atom. The van der Waals surface area contributed by atoms with Crippen LogP contribution < -0.4 is 0 Å². The van der Waals surface area contributed by atoms with Gasteiger partial charge in [0.1, 0.15) is 0 Å². The first-order valence-corrected chi connectivity index (χ1v) is 4.45. The van der Waals surface area contributed by atoms with Gasteiger partial charge in [-0.15, -0.1) is 0 Å². The third-order valence-corrected chi connectivity index (χ3v) is 2.87. The van der Waals surface area contributed by atoms with Gasteiger partial charge in [-0.1, -0.05) is 11.6 Å². The number of pyridine rings is 1. The van der Waals surface area contributed by atoms with Crippen molar-refractivity contribution < 1.29 is 0 Å². The number of hydrogen-bond donors (Lipinski definition) is 0. The van der Waals surface area contributed by atoms with Crippen LogP contribution in [0.25, 0.3) is 10.2 Å². The molecule has 0 aromatic carbocycles. The van der Waals surface area contributed by atoms with Gasteiger partial charge in [-0.25, -0.2) is 0 Å². The molecule has 0 aliphatic rings. The Labute approximate surface area is 77.7 Å². The van der Waals surface area contributed by atoms with Crippen LogP contribution in [0.1, 0.15) is 0 Å². The summed E-state index contributed by atoms with van der Waals surface area (Å²) < 4.78 is 1.53. The fourth-order valence-corrected chi connectivity index (χ4v) is 2.09. The molecule has 2 nitrogen and oxygen atoms in total. The largest absolute Gasteiger partial charge is 0.408 e. The van der Waals surface area contributed by atoms with Crippen LogP contribution in [0.4, 0.5) is 0 Å². The molecule has 0 atom stereocenters. The van der Waals surface area contributed by atoms with Crippen molar-refractivity contribution in [2.45, 2.75) is 4.34 Å². The highest BCUT2D eigenvalue weighted by molar-refractivity contribution is 7.63. The highest BCUT2D eigenvalue weighted by Gasteiger charge is 1.96. The van der Waals surface area contributed by atoms with Gasteiger partial charge in [-0.2, -0.15) is 0 Å². The lowest BCUT2D eigenvalue weighted by Gasteiger charge is -1.91. The lowest BCUT2D eigenvalue weighted by Crippen LogP contribution is -1.72. The molecular weight excluding hydrogens is 200 g/mol. The average molecular weight is 202 g/mol. The van der Waals surface area contributed by atoms with Crippen LogP contribution in [-0.2, 0) is 12.6 Å².